The maximum Gasteiger partial charge on any atom is 0.136 e. The number of fused-ring (bicyclic) bond motifs is 5. The first kappa shape index (κ1) is 25.1. The van der Waals surface area contributed by atoms with Crippen LogP contribution >= 0.6 is 0 Å². The summed E-state index contributed by atoms with van der Waals surface area (Å²) in [7, 11) is 0. The first-order valence-corrected chi connectivity index (χ1v) is 14.7. The van der Waals surface area contributed by atoms with Crippen LogP contribution in [-0.4, -0.2) is 0 Å². The van der Waals surface area contributed by atoms with E-state index < -0.39 is 0 Å². The molecule has 1 heteroatoms. The third-order valence-corrected chi connectivity index (χ3v) is 8.36. The molecule has 0 aliphatic heterocycles. The van der Waals surface area contributed by atoms with Crippen molar-refractivity contribution >= 4 is 43.5 Å². The molecule has 0 aliphatic rings. The molecule has 1 heterocycles. The van der Waals surface area contributed by atoms with Crippen molar-refractivity contribution in [3.63, 3.8) is 0 Å². The fourth-order valence-electron chi connectivity index (χ4n) is 6.36. The Morgan fingerprint density at radius 3 is 1.58 bits per heavy atom. The quantitative estimate of drug-likeness (QED) is 0.214. The molecule has 0 saturated carbocycles. The summed E-state index contributed by atoms with van der Waals surface area (Å²) < 4.78 is 6.32. The first-order valence-electron chi connectivity index (χ1n) is 14.7. The number of para-hydroxylation sites is 1. The summed E-state index contributed by atoms with van der Waals surface area (Å²) in [5, 5.41) is 7.10. The van der Waals surface area contributed by atoms with Crippen molar-refractivity contribution in [1.82, 2.24) is 0 Å². The minimum atomic E-state index is 0.896. The van der Waals surface area contributed by atoms with Crippen molar-refractivity contribution in [2.24, 2.45) is 0 Å². The van der Waals surface area contributed by atoms with Gasteiger partial charge in [0.1, 0.15) is 11.2 Å². The van der Waals surface area contributed by atoms with Gasteiger partial charge in [-0.05, 0) is 67.1 Å². The standard InChI is InChI=1S/C42H28O/c1-2-13-29(14-3-1)30-16-10-23-36(38-24-12-26-41-42(38)39-21-8-9-25-40(39)43-41)34-19-6-7-20-35(34)37(28-27-30)33-22-11-17-31-15-4-5-18-32(31)33/h1-28H. The van der Waals surface area contributed by atoms with Gasteiger partial charge in [0.25, 0.3) is 0 Å². The molecule has 0 N–H and O–H groups in total. The summed E-state index contributed by atoms with van der Waals surface area (Å²) in [4.78, 5) is 0. The predicted molar refractivity (Wildman–Crippen MR) is 183 cm³/mol. The molecule has 0 radical (unpaired) electrons. The smallest absolute Gasteiger partial charge is 0.136 e. The summed E-state index contributed by atoms with van der Waals surface area (Å²) in [6.07, 6.45) is 0. The van der Waals surface area contributed by atoms with E-state index in [1.165, 1.54) is 38.2 Å². The van der Waals surface area contributed by atoms with Crippen LogP contribution < -0.4 is 0 Å². The molecule has 43 heavy (non-hydrogen) atoms. The number of rotatable bonds is 3. The average molecular weight is 549 g/mol. The zero-order chi connectivity index (χ0) is 28.6. The van der Waals surface area contributed by atoms with Gasteiger partial charge in [-0.1, -0.05) is 158 Å². The van der Waals surface area contributed by atoms with E-state index in [1.54, 1.807) is 0 Å². The lowest BCUT2D eigenvalue weighted by Gasteiger charge is -2.12. The van der Waals surface area contributed by atoms with Gasteiger partial charge in [-0.2, -0.15) is 0 Å². The van der Waals surface area contributed by atoms with Crippen molar-refractivity contribution in [3.05, 3.63) is 170 Å². The fraction of sp³-hybridized carbons (Fsp3) is 0. The van der Waals surface area contributed by atoms with Crippen molar-refractivity contribution in [1.29, 1.82) is 0 Å². The minimum Gasteiger partial charge on any atom is -0.456 e. The largest absolute Gasteiger partial charge is 0.456 e. The third kappa shape index (κ3) is 4.43. The van der Waals surface area contributed by atoms with E-state index in [-0.39, 0.29) is 0 Å². The monoisotopic (exact) mass is 548 g/mol. The van der Waals surface area contributed by atoms with E-state index >= 15 is 0 Å². The van der Waals surface area contributed by atoms with Crippen LogP contribution in [0.2, 0.25) is 0 Å². The molecule has 1 aromatic heterocycles. The molecular formula is C42H28O. The Morgan fingerprint density at radius 2 is 0.767 bits per heavy atom. The molecule has 0 spiro atoms. The lowest BCUT2D eigenvalue weighted by Crippen LogP contribution is -1.86. The second kappa shape index (κ2) is 10.6. The second-order valence-corrected chi connectivity index (χ2v) is 10.9. The number of benzene rings is 6. The van der Waals surface area contributed by atoms with Gasteiger partial charge in [0.15, 0.2) is 0 Å². The summed E-state index contributed by atoms with van der Waals surface area (Å²) in [6.45, 7) is 0. The van der Waals surface area contributed by atoms with Crippen LogP contribution in [0, 0.1) is 0 Å². The SMILES string of the molecule is c1ccc(-c2cccc(-c3cccc4oc5ccccc5c34)c3ccccc3c(-c3cccc4ccccc34)cc2)cc1. The maximum absolute atomic E-state index is 6.32. The van der Waals surface area contributed by atoms with E-state index in [0.29, 0.717) is 0 Å². The molecule has 0 saturated heterocycles. The normalized spacial score (nSPS) is 11.3. The number of furan rings is 1. The Hall–Kier alpha value is -5.66. The topological polar surface area (TPSA) is 13.1 Å². The Labute approximate surface area is 250 Å². The lowest BCUT2D eigenvalue weighted by atomic mass is 9.91. The Bertz CT molecular complexity index is 2340. The van der Waals surface area contributed by atoms with Crippen LogP contribution in [-0.2, 0) is 0 Å². The lowest BCUT2D eigenvalue weighted by molar-refractivity contribution is 0.669. The highest BCUT2D eigenvalue weighted by Gasteiger charge is 2.15. The average Bonchev–Trinajstić information content (AvgIpc) is 3.46. The summed E-state index contributed by atoms with van der Waals surface area (Å²) in [5.74, 6) is 0. The van der Waals surface area contributed by atoms with Crippen LogP contribution in [0.4, 0.5) is 0 Å². The molecular weight excluding hydrogens is 520 g/mol. The molecule has 8 rings (SSSR count). The number of hydrogen-bond donors (Lipinski definition) is 0. The fourth-order valence-corrected chi connectivity index (χ4v) is 6.36. The second-order valence-electron chi connectivity index (χ2n) is 10.9. The van der Waals surface area contributed by atoms with Crippen LogP contribution in [0.25, 0.3) is 76.9 Å². The van der Waals surface area contributed by atoms with Gasteiger partial charge in [-0.25, -0.2) is 0 Å². The molecule has 0 amide bonds. The molecule has 1 nitrogen and oxygen atoms in total. The van der Waals surface area contributed by atoms with Gasteiger partial charge in [0.2, 0.25) is 0 Å². The summed E-state index contributed by atoms with van der Waals surface area (Å²) >= 11 is 0. The van der Waals surface area contributed by atoms with Gasteiger partial charge in [-0.3, -0.25) is 0 Å². The molecule has 7 aromatic carbocycles. The highest BCUT2D eigenvalue weighted by atomic mass is 16.3. The summed E-state index contributed by atoms with van der Waals surface area (Å²) in [6, 6.07) is 60.6. The molecule has 0 atom stereocenters. The van der Waals surface area contributed by atoms with Crippen molar-refractivity contribution in [2.75, 3.05) is 0 Å². The van der Waals surface area contributed by atoms with Gasteiger partial charge in [-0.15, -0.1) is 0 Å². The Balaban J connectivity index is 1.55. The highest BCUT2D eigenvalue weighted by Crippen LogP contribution is 2.41. The van der Waals surface area contributed by atoms with Crippen molar-refractivity contribution in [3.8, 4) is 33.4 Å². The predicted octanol–water partition coefficient (Wildman–Crippen LogP) is 12.0. The van der Waals surface area contributed by atoms with Crippen LogP contribution in [0.15, 0.2) is 174 Å². The first-order chi connectivity index (χ1) is 21.3. The third-order valence-electron chi connectivity index (χ3n) is 8.36. The van der Waals surface area contributed by atoms with Gasteiger partial charge >= 0.3 is 0 Å². The van der Waals surface area contributed by atoms with Crippen LogP contribution in [0.1, 0.15) is 0 Å². The van der Waals surface area contributed by atoms with Gasteiger partial charge < -0.3 is 4.42 Å². The molecule has 8 aromatic rings. The zero-order valence-electron chi connectivity index (χ0n) is 23.6. The van der Waals surface area contributed by atoms with E-state index in [9.17, 15) is 0 Å². The Kier molecular flexibility index (Phi) is 6.20. The maximum atomic E-state index is 6.32. The van der Waals surface area contributed by atoms with Gasteiger partial charge in [0.05, 0.1) is 0 Å². The van der Waals surface area contributed by atoms with Gasteiger partial charge in [0, 0.05) is 10.8 Å². The van der Waals surface area contributed by atoms with Crippen LogP contribution in [0.3, 0.4) is 0 Å². The van der Waals surface area contributed by atoms with E-state index in [0.717, 1.165) is 38.6 Å². The molecule has 0 unspecified atom stereocenters. The highest BCUT2D eigenvalue weighted by molar-refractivity contribution is 6.16. The molecule has 202 valence electrons. The van der Waals surface area contributed by atoms with E-state index in [4.69, 9.17) is 4.42 Å². The summed E-state index contributed by atoms with van der Waals surface area (Å²) in [5.41, 5.74) is 8.84. The molecule has 0 fully saturated rings. The van der Waals surface area contributed by atoms with E-state index in [1.807, 2.05) is 12.1 Å². The molecule has 0 bridgehead atoms. The Morgan fingerprint density at radius 1 is 0.279 bits per heavy atom. The van der Waals surface area contributed by atoms with E-state index in [2.05, 4.69) is 158 Å². The van der Waals surface area contributed by atoms with Crippen molar-refractivity contribution in [2.45, 2.75) is 0 Å². The minimum absolute atomic E-state index is 0.896. The van der Waals surface area contributed by atoms with Crippen molar-refractivity contribution < 1.29 is 4.42 Å². The zero-order valence-corrected chi connectivity index (χ0v) is 23.6. The van der Waals surface area contributed by atoms with Crippen LogP contribution in [0.5, 0.6) is 0 Å². The molecule has 0 aliphatic carbocycles. The number of hydrogen-bond acceptors (Lipinski definition) is 1.